The van der Waals surface area contributed by atoms with Gasteiger partial charge in [-0.15, -0.1) is 11.8 Å². The van der Waals surface area contributed by atoms with Crippen LogP contribution in [0, 0.1) is 0 Å². The Morgan fingerprint density at radius 2 is 2.18 bits per heavy atom. The highest BCUT2D eigenvalue weighted by atomic mass is 32.2. The first-order chi connectivity index (χ1) is 8.04. The Bertz CT molecular complexity index is 433. The summed E-state index contributed by atoms with van der Waals surface area (Å²) in [5, 5.41) is 8.78. The van der Waals surface area contributed by atoms with Crippen LogP contribution >= 0.6 is 11.8 Å². The van der Waals surface area contributed by atoms with Crippen molar-refractivity contribution in [1.29, 1.82) is 0 Å². The monoisotopic (exact) mass is 255 g/mol. The molecule has 17 heavy (non-hydrogen) atoms. The second-order valence-corrected chi connectivity index (χ2v) is 4.20. The molecule has 0 aromatic heterocycles. The van der Waals surface area contributed by atoms with Gasteiger partial charge in [0.2, 0.25) is 0 Å². The average Bonchev–Trinajstić information content (AvgIpc) is 2.26. The largest absolute Gasteiger partial charge is 0.478 e. The van der Waals surface area contributed by atoms with Crippen molar-refractivity contribution in [3.63, 3.8) is 0 Å². The number of nitrogens with two attached hydrogens (primary N) is 1. The van der Waals surface area contributed by atoms with E-state index in [9.17, 15) is 9.59 Å². The molecule has 0 bridgehead atoms. The maximum absolute atomic E-state index is 11.1. The van der Waals surface area contributed by atoms with Gasteiger partial charge in [0.25, 0.3) is 0 Å². The molecule has 0 spiro atoms. The zero-order valence-electron chi connectivity index (χ0n) is 9.30. The summed E-state index contributed by atoms with van der Waals surface area (Å²) in [7, 11) is 0. The molecule has 92 valence electrons. The lowest BCUT2D eigenvalue weighted by Crippen LogP contribution is -2.06. The van der Waals surface area contributed by atoms with Crippen molar-refractivity contribution in [3.05, 3.63) is 23.8 Å². The number of benzene rings is 1. The summed E-state index contributed by atoms with van der Waals surface area (Å²) < 4.78 is 4.77. The number of carboxylic acids is 1. The summed E-state index contributed by atoms with van der Waals surface area (Å²) in [5.74, 6) is -1.19. The molecule has 0 saturated carbocycles. The van der Waals surface area contributed by atoms with Crippen LogP contribution < -0.4 is 5.73 Å². The maximum atomic E-state index is 11.1. The van der Waals surface area contributed by atoms with Crippen LogP contribution in [0.2, 0.25) is 0 Å². The second-order valence-electron chi connectivity index (χ2n) is 3.15. The lowest BCUT2D eigenvalue weighted by molar-refractivity contribution is -0.139. The fourth-order valence-corrected chi connectivity index (χ4v) is 1.91. The van der Waals surface area contributed by atoms with Gasteiger partial charge in [0.15, 0.2) is 0 Å². The molecule has 0 aliphatic rings. The number of carbonyl (C=O) groups excluding carboxylic acids is 1. The van der Waals surface area contributed by atoms with Crippen LogP contribution in [0.5, 0.6) is 0 Å². The third-order valence-electron chi connectivity index (χ3n) is 1.92. The van der Waals surface area contributed by atoms with Gasteiger partial charge in [-0.1, -0.05) is 0 Å². The van der Waals surface area contributed by atoms with E-state index in [-0.39, 0.29) is 23.0 Å². The lowest BCUT2D eigenvalue weighted by atomic mass is 10.2. The van der Waals surface area contributed by atoms with Gasteiger partial charge in [-0.2, -0.15) is 0 Å². The van der Waals surface area contributed by atoms with E-state index >= 15 is 0 Å². The first-order valence-corrected chi connectivity index (χ1v) is 5.94. The average molecular weight is 255 g/mol. The quantitative estimate of drug-likeness (QED) is 0.472. The number of hydrogen-bond acceptors (Lipinski definition) is 5. The predicted molar refractivity (Wildman–Crippen MR) is 65.2 cm³/mol. The van der Waals surface area contributed by atoms with Crippen LogP contribution in [0.4, 0.5) is 5.69 Å². The van der Waals surface area contributed by atoms with Gasteiger partial charge in [0.1, 0.15) is 0 Å². The number of hydrogen-bond donors (Lipinski definition) is 2. The summed E-state index contributed by atoms with van der Waals surface area (Å²) in [4.78, 5) is 22.6. The molecule has 1 aromatic rings. The second kappa shape index (κ2) is 6.15. The fraction of sp³-hybridized carbons (Fsp3) is 0.273. The number of carbonyl (C=O) groups is 2. The third kappa shape index (κ3) is 3.99. The van der Waals surface area contributed by atoms with Gasteiger partial charge >= 0.3 is 11.9 Å². The topological polar surface area (TPSA) is 89.6 Å². The van der Waals surface area contributed by atoms with Gasteiger partial charge in [-0.25, -0.2) is 4.79 Å². The molecule has 0 saturated heterocycles. The molecule has 0 atom stereocenters. The molecule has 1 rings (SSSR count). The highest BCUT2D eigenvalue weighted by Gasteiger charge is 2.09. The van der Waals surface area contributed by atoms with E-state index in [2.05, 4.69) is 0 Å². The zero-order valence-corrected chi connectivity index (χ0v) is 10.1. The van der Waals surface area contributed by atoms with Gasteiger partial charge in [-0.3, -0.25) is 4.79 Å². The van der Waals surface area contributed by atoms with Crippen LogP contribution in [-0.4, -0.2) is 29.4 Å². The highest BCUT2D eigenvalue weighted by molar-refractivity contribution is 8.00. The van der Waals surface area contributed by atoms with E-state index in [1.807, 2.05) is 0 Å². The number of ether oxygens (including phenoxy) is 1. The molecular formula is C11H13NO4S. The van der Waals surface area contributed by atoms with Crippen molar-refractivity contribution in [3.8, 4) is 0 Å². The number of esters is 1. The molecule has 0 heterocycles. The minimum absolute atomic E-state index is 0.0606. The van der Waals surface area contributed by atoms with Crippen LogP contribution in [0.3, 0.4) is 0 Å². The summed E-state index contributed by atoms with van der Waals surface area (Å²) in [5.41, 5.74) is 5.82. The smallest absolute Gasteiger partial charge is 0.337 e. The summed E-state index contributed by atoms with van der Waals surface area (Å²) >= 11 is 1.26. The van der Waals surface area contributed by atoms with E-state index in [1.165, 1.54) is 23.9 Å². The van der Waals surface area contributed by atoms with Crippen LogP contribution in [-0.2, 0) is 9.53 Å². The molecule has 3 N–H and O–H groups in total. The number of thioether (sulfide) groups is 1. The molecule has 6 heteroatoms. The van der Waals surface area contributed by atoms with Crippen molar-refractivity contribution < 1.29 is 19.4 Å². The Morgan fingerprint density at radius 1 is 1.47 bits per heavy atom. The SMILES string of the molecule is CCOC(=O)CSc1ccc(C(=O)O)c(N)c1. The number of rotatable bonds is 5. The number of aromatic carboxylic acids is 1. The standard InChI is InChI=1S/C11H13NO4S/c1-2-16-10(13)6-17-7-3-4-8(11(14)15)9(12)5-7/h3-5H,2,6,12H2,1H3,(H,14,15). The number of carboxylic acid groups (broad SMARTS) is 1. The van der Waals surface area contributed by atoms with E-state index in [1.54, 1.807) is 13.0 Å². The van der Waals surface area contributed by atoms with E-state index in [0.717, 1.165) is 4.90 Å². The normalized spacial score (nSPS) is 9.94. The number of nitrogen functional groups attached to an aromatic ring is 1. The molecule has 1 aromatic carbocycles. The molecular weight excluding hydrogens is 242 g/mol. The van der Waals surface area contributed by atoms with Crippen LogP contribution in [0.15, 0.2) is 23.1 Å². The van der Waals surface area contributed by atoms with E-state index in [4.69, 9.17) is 15.6 Å². The Labute approximate surface area is 103 Å². The van der Waals surface area contributed by atoms with Gasteiger partial charge in [-0.05, 0) is 25.1 Å². The molecule has 0 aliphatic carbocycles. The minimum atomic E-state index is -1.07. The highest BCUT2D eigenvalue weighted by Crippen LogP contribution is 2.23. The lowest BCUT2D eigenvalue weighted by Gasteiger charge is -2.05. The van der Waals surface area contributed by atoms with E-state index < -0.39 is 5.97 Å². The Morgan fingerprint density at radius 3 is 2.71 bits per heavy atom. The Balaban J connectivity index is 2.65. The van der Waals surface area contributed by atoms with Crippen molar-refractivity contribution in [2.24, 2.45) is 0 Å². The molecule has 0 radical (unpaired) electrons. The van der Waals surface area contributed by atoms with Crippen molar-refractivity contribution in [1.82, 2.24) is 0 Å². The van der Waals surface area contributed by atoms with Crippen molar-refractivity contribution in [2.45, 2.75) is 11.8 Å². The predicted octanol–water partition coefficient (Wildman–Crippen LogP) is 1.62. The minimum Gasteiger partial charge on any atom is -0.478 e. The molecule has 0 fully saturated rings. The zero-order chi connectivity index (χ0) is 12.8. The summed E-state index contributed by atoms with van der Waals surface area (Å²) in [6.07, 6.45) is 0. The fourth-order valence-electron chi connectivity index (χ4n) is 1.17. The first-order valence-electron chi connectivity index (χ1n) is 4.95. The van der Waals surface area contributed by atoms with Crippen molar-refractivity contribution >= 4 is 29.4 Å². The Hall–Kier alpha value is -1.69. The van der Waals surface area contributed by atoms with Crippen LogP contribution in [0.25, 0.3) is 0 Å². The molecule has 0 amide bonds. The van der Waals surface area contributed by atoms with Gasteiger partial charge in [0.05, 0.1) is 17.9 Å². The molecule has 5 nitrogen and oxygen atoms in total. The van der Waals surface area contributed by atoms with Crippen molar-refractivity contribution in [2.75, 3.05) is 18.1 Å². The Kier molecular flexibility index (Phi) is 4.84. The first kappa shape index (κ1) is 13.4. The van der Waals surface area contributed by atoms with Crippen LogP contribution in [0.1, 0.15) is 17.3 Å². The van der Waals surface area contributed by atoms with E-state index in [0.29, 0.717) is 6.61 Å². The summed E-state index contributed by atoms with van der Waals surface area (Å²) in [6.45, 7) is 2.09. The number of anilines is 1. The summed E-state index contributed by atoms with van der Waals surface area (Å²) in [6, 6.07) is 4.57. The van der Waals surface area contributed by atoms with Gasteiger partial charge < -0.3 is 15.6 Å². The molecule has 0 unspecified atom stereocenters. The third-order valence-corrected chi connectivity index (χ3v) is 2.88. The maximum Gasteiger partial charge on any atom is 0.337 e. The molecule has 0 aliphatic heterocycles. The van der Waals surface area contributed by atoms with Gasteiger partial charge in [0, 0.05) is 10.6 Å².